The Kier molecular flexibility index (Phi) is 5.92. The Balaban J connectivity index is 1.75. The zero-order valence-electron chi connectivity index (χ0n) is 13.1. The largest absolute Gasteiger partial charge is 0.388 e. The van der Waals surface area contributed by atoms with Crippen LogP contribution < -0.4 is 10.6 Å². The molecule has 0 saturated heterocycles. The predicted octanol–water partition coefficient (Wildman–Crippen LogP) is 2.48. The van der Waals surface area contributed by atoms with E-state index in [0.717, 1.165) is 44.1 Å². The third-order valence-electron chi connectivity index (χ3n) is 4.21. The molecule has 0 aromatic heterocycles. The summed E-state index contributed by atoms with van der Waals surface area (Å²) in [7, 11) is 0. The number of benzene rings is 1. The summed E-state index contributed by atoms with van der Waals surface area (Å²) in [5, 5.41) is 26.4. The molecule has 1 aromatic rings. The van der Waals surface area contributed by atoms with Gasteiger partial charge in [-0.25, -0.2) is 4.79 Å². The maximum atomic E-state index is 11.8. The van der Waals surface area contributed by atoms with Gasteiger partial charge < -0.3 is 15.7 Å². The molecule has 23 heavy (non-hydrogen) atoms. The Morgan fingerprint density at radius 2 is 1.74 bits per heavy atom. The molecule has 2 amide bonds. The lowest BCUT2D eigenvalue weighted by Gasteiger charge is -2.26. The Morgan fingerprint density at radius 3 is 2.30 bits per heavy atom. The summed E-state index contributed by atoms with van der Waals surface area (Å²) in [4.78, 5) is 21.9. The zero-order valence-corrected chi connectivity index (χ0v) is 13.1. The van der Waals surface area contributed by atoms with Crippen molar-refractivity contribution >= 4 is 11.7 Å². The van der Waals surface area contributed by atoms with E-state index < -0.39 is 10.5 Å². The molecule has 3 N–H and O–H groups in total. The van der Waals surface area contributed by atoms with Crippen LogP contribution in [0.25, 0.3) is 0 Å². The van der Waals surface area contributed by atoms with Crippen molar-refractivity contribution in [2.45, 2.75) is 50.7 Å². The lowest BCUT2D eigenvalue weighted by atomic mass is 9.95. The molecule has 126 valence electrons. The number of non-ortho nitro benzene ring substituents is 1. The molecular formula is C16H23N3O4. The first-order valence-electron chi connectivity index (χ1n) is 7.96. The van der Waals surface area contributed by atoms with E-state index in [9.17, 15) is 20.0 Å². The molecule has 0 aliphatic heterocycles. The van der Waals surface area contributed by atoms with Gasteiger partial charge in [0.05, 0.1) is 10.5 Å². The molecule has 0 heterocycles. The highest BCUT2D eigenvalue weighted by atomic mass is 16.6. The molecule has 1 fully saturated rings. The van der Waals surface area contributed by atoms with Crippen LogP contribution in [0.4, 0.5) is 10.5 Å². The van der Waals surface area contributed by atoms with Crippen LogP contribution in [0.2, 0.25) is 0 Å². The van der Waals surface area contributed by atoms with E-state index in [4.69, 9.17) is 0 Å². The number of carbonyl (C=O) groups excluding carboxylic acids is 1. The fraction of sp³-hybridized carbons (Fsp3) is 0.562. The summed E-state index contributed by atoms with van der Waals surface area (Å²) in [6.45, 7) is 0.529. The van der Waals surface area contributed by atoms with Crippen LogP contribution >= 0.6 is 0 Å². The minimum atomic E-state index is -0.804. The molecule has 1 aliphatic rings. The summed E-state index contributed by atoms with van der Waals surface area (Å²) in [5.41, 5.74) is -0.00556. The number of amides is 2. The standard InChI is InChI=1S/C16H23N3O4/c20-15(18-12-16(21)9-3-1-2-4-10-16)17-11-13-5-7-14(8-6-13)19(22)23/h5-8,21H,1-4,9-12H2,(H2,17,18,20). The van der Waals surface area contributed by atoms with Gasteiger partial charge in [-0.2, -0.15) is 0 Å². The second-order valence-electron chi connectivity index (χ2n) is 6.10. The van der Waals surface area contributed by atoms with Gasteiger partial charge in [-0.3, -0.25) is 10.1 Å². The highest BCUT2D eigenvalue weighted by Gasteiger charge is 2.28. The van der Waals surface area contributed by atoms with Gasteiger partial charge in [0.2, 0.25) is 0 Å². The van der Waals surface area contributed by atoms with E-state index in [0.29, 0.717) is 0 Å². The van der Waals surface area contributed by atoms with Crippen molar-refractivity contribution in [2.75, 3.05) is 6.54 Å². The van der Waals surface area contributed by atoms with E-state index >= 15 is 0 Å². The molecule has 7 heteroatoms. The van der Waals surface area contributed by atoms with Gasteiger partial charge in [-0.05, 0) is 18.4 Å². The lowest BCUT2D eigenvalue weighted by molar-refractivity contribution is -0.384. The fourth-order valence-corrected chi connectivity index (χ4v) is 2.79. The van der Waals surface area contributed by atoms with Crippen LogP contribution in [0.15, 0.2) is 24.3 Å². The molecule has 2 rings (SSSR count). The number of nitrogens with zero attached hydrogens (tertiary/aromatic N) is 1. The molecule has 7 nitrogen and oxygen atoms in total. The van der Waals surface area contributed by atoms with Crippen LogP contribution in [0, 0.1) is 10.1 Å². The predicted molar refractivity (Wildman–Crippen MR) is 86.0 cm³/mol. The Bertz CT molecular complexity index is 537. The second kappa shape index (κ2) is 7.92. The van der Waals surface area contributed by atoms with Crippen LogP contribution in [0.3, 0.4) is 0 Å². The summed E-state index contributed by atoms with van der Waals surface area (Å²) in [6.07, 6.45) is 5.68. The van der Waals surface area contributed by atoms with Gasteiger partial charge in [-0.1, -0.05) is 37.8 Å². The van der Waals surface area contributed by atoms with Crippen LogP contribution in [0.5, 0.6) is 0 Å². The Labute approximate surface area is 135 Å². The molecule has 0 atom stereocenters. The monoisotopic (exact) mass is 321 g/mol. The molecule has 1 aliphatic carbocycles. The van der Waals surface area contributed by atoms with Gasteiger partial charge in [0.25, 0.3) is 5.69 Å². The number of hydrogen-bond acceptors (Lipinski definition) is 4. The topological polar surface area (TPSA) is 104 Å². The number of nitro benzene ring substituents is 1. The van der Waals surface area contributed by atoms with Crippen molar-refractivity contribution in [3.63, 3.8) is 0 Å². The highest BCUT2D eigenvalue weighted by molar-refractivity contribution is 5.73. The molecule has 0 unspecified atom stereocenters. The van der Waals surface area contributed by atoms with E-state index in [1.54, 1.807) is 12.1 Å². The van der Waals surface area contributed by atoms with E-state index in [2.05, 4.69) is 10.6 Å². The van der Waals surface area contributed by atoms with Gasteiger partial charge in [0.1, 0.15) is 0 Å². The maximum Gasteiger partial charge on any atom is 0.315 e. The van der Waals surface area contributed by atoms with E-state index in [1.165, 1.54) is 12.1 Å². The second-order valence-corrected chi connectivity index (χ2v) is 6.10. The molecule has 0 radical (unpaired) electrons. The minimum absolute atomic E-state index is 0.0220. The molecule has 1 aromatic carbocycles. The van der Waals surface area contributed by atoms with Crippen molar-refractivity contribution in [1.82, 2.24) is 10.6 Å². The first-order chi connectivity index (χ1) is 11.0. The van der Waals surface area contributed by atoms with E-state index in [1.807, 2.05) is 0 Å². The molecule has 0 bridgehead atoms. The average Bonchev–Trinajstić information content (AvgIpc) is 2.76. The highest BCUT2D eigenvalue weighted by Crippen LogP contribution is 2.26. The van der Waals surface area contributed by atoms with Crippen molar-refractivity contribution in [3.05, 3.63) is 39.9 Å². The normalized spacial score (nSPS) is 17.1. The number of nitro groups is 1. The van der Waals surface area contributed by atoms with Gasteiger partial charge in [0, 0.05) is 25.2 Å². The number of urea groups is 1. The average molecular weight is 321 g/mol. The van der Waals surface area contributed by atoms with Crippen LogP contribution in [-0.2, 0) is 6.54 Å². The van der Waals surface area contributed by atoms with Gasteiger partial charge in [-0.15, -0.1) is 0 Å². The number of rotatable bonds is 5. The number of nitrogens with one attached hydrogen (secondary N) is 2. The van der Waals surface area contributed by atoms with Gasteiger partial charge >= 0.3 is 6.03 Å². The molecule has 0 spiro atoms. The number of carbonyl (C=O) groups is 1. The van der Waals surface area contributed by atoms with Gasteiger partial charge in [0.15, 0.2) is 0 Å². The number of hydrogen-bond donors (Lipinski definition) is 3. The van der Waals surface area contributed by atoms with Crippen molar-refractivity contribution in [2.24, 2.45) is 0 Å². The summed E-state index contributed by atoms with van der Waals surface area (Å²) >= 11 is 0. The van der Waals surface area contributed by atoms with Crippen molar-refractivity contribution < 1.29 is 14.8 Å². The third kappa shape index (κ3) is 5.52. The quantitative estimate of drug-likeness (QED) is 0.440. The summed E-state index contributed by atoms with van der Waals surface area (Å²) in [6, 6.07) is 5.68. The smallest absolute Gasteiger partial charge is 0.315 e. The fourth-order valence-electron chi connectivity index (χ4n) is 2.79. The van der Waals surface area contributed by atoms with Crippen molar-refractivity contribution in [1.29, 1.82) is 0 Å². The first-order valence-corrected chi connectivity index (χ1v) is 7.96. The number of aliphatic hydroxyl groups is 1. The minimum Gasteiger partial charge on any atom is -0.388 e. The first kappa shape index (κ1) is 17.2. The zero-order chi connectivity index (χ0) is 16.7. The van der Waals surface area contributed by atoms with Crippen molar-refractivity contribution in [3.8, 4) is 0 Å². The maximum absolute atomic E-state index is 11.8. The summed E-state index contributed by atoms with van der Waals surface area (Å²) < 4.78 is 0. The van der Waals surface area contributed by atoms with Crippen LogP contribution in [0.1, 0.15) is 44.1 Å². The third-order valence-corrected chi connectivity index (χ3v) is 4.21. The summed E-state index contributed by atoms with van der Waals surface area (Å²) in [5.74, 6) is 0. The Hall–Kier alpha value is -2.15. The Morgan fingerprint density at radius 1 is 1.13 bits per heavy atom. The SMILES string of the molecule is O=C(NCc1ccc([N+](=O)[O-])cc1)NCC1(O)CCCCCC1. The molecule has 1 saturated carbocycles. The molecular weight excluding hydrogens is 298 g/mol. The lowest BCUT2D eigenvalue weighted by Crippen LogP contribution is -2.46. The van der Waals surface area contributed by atoms with Crippen LogP contribution in [-0.4, -0.2) is 28.2 Å². The van der Waals surface area contributed by atoms with E-state index in [-0.39, 0.29) is 24.8 Å².